The zero-order valence-electron chi connectivity index (χ0n) is 18.0. The van der Waals surface area contributed by atoms with Crippen molar-refractivity contribution in [1.82, 2.24) is 10.7 Å². The molecule has 0 saturated heterocycles. The fraction of sp³-hybridized carbons (Fsp3) is 0.0833. The number of carbonyl (C=O) groups is 3. The Labute approximate surface area is 203 Å². The smallest absolute Gasteiger partial charge is 0.336 e. The summed E-state index contributed by atoms with van der Waals surface area (Å²) in [6.07, 6.45) is 5.53. The first-order chi connectivity index (χ1) is 16.5. The van der Waals surface area contributed by atoms with Crippen LogP contribution < -0.4 is 20.2 Å². The van der Waals surface area contributed by atoms with Gasteiger partial charge >= 0.3 is 5.97 Å². The van der Waals surface area contributed by atoms with Crippen LogP contribution in [0.1, 0.15) is 21.7 Å². The monoisotopic (exact) mass is 525 g/mol. The second kappa shape index (κ2) is 12.2. The third kappa shape index (κ3) is 7.17. The number of esters is 1. The van der Waals surface area contributed by atoms with Gasteiger partial charge in [0.15, 0.2) is 0 Å². The number of hydrogen-bond donors (Lipinski definition) is 2. The van der Waals surface area contributed by atoms with Crippen molar-refractivity contribution in [3.05, 3.63) is 88.3 Å². The predicted molar refractivity (Wildman–Crippen MR) is 129 cm³/mol. The summed E-state index contributed by atoms with van der Waals surface area (Å²) in [5.74, 6) is -0.477. The van der Waals surface area contributed by atoms with Gasteiger partial charge in [0.05, 0.1) is 31.7 Å². The maximum absolute atomic E-state index is 12.3. The average Bonchev–Trinajstić information content (AvgIpc) is 3.36. The molecule has 0 saturated carbocycles. The van der Waals surface area contributed by atoms with Gasteiger partial charge in [-0.3, -0.25) is 9.59 Å². The van der Waals surface area contributed by atoms with Crippen molar-refractivity contribution in [3.63, 3.8) is 0 Å². The first-order valence-corrected chi connectivity index (χ1v) is 10.7. The third-order valence-electron chi connectivity index (χ3n) is 4.26. The summed E-state index contributed by atoms with van der Waals surface area (Å²) in [6, 6.07) is 15.0. The molecule has 2 N–H and O–H groups in total. The summed E-state index contributed by atoms with van der Waals surface area (Å²) in [4.78, 5) is 36.4. The Morgan fingerprint density at radius 2 is 1.91 bits per heavy atom. The van der Waals surface area contributed by atoms with Crippen molar-refractivity contribution in [2.45, 2.75) is 0 Å². The minimum atomic E-state index is -0.614. The molecule has 0 radical (unpaired) electrons. The van der Waals surface area contributed by atoms with E-state index in [2.05, 4.69) is 31.8 Å². The molecule has 0 aliphatic heterocycles. The van der Waals surface area contributed by atoms with Crippen LogP contribution in [0.5, 0.6) is 11.5 Å². The number of halogens is 1. The van der Waals surface area contributed by atoms with Gasteiger partial charge in [0.25, 0.3) is 11.8 Å². The van der Waals surface area contributed by atoms with E-state index in [9.17, 15) is 14.4 Å². The maximum atomic E-state index is 12.3. The molecule has 0 spiro atoms. The number of hydrazone groups is 1. The Kier molecular flexibility index (Phi) is 8.75. The first-order valence-electron chi connectivity index (χ1n) is 9.92. The van der Waals surface area contributed by atoms with E-state index in [1.54, 1.807) is 54.6 Å². The zero-order chi connectivity index (χ0) is 24.3. The van der Waals surface area contributed by atoms with Crippen molar-refractivity contribution in [3.8, 4) is 11.5 Å². The summed E-state index contributed by atoms with van der Waals surface area (Å²) in [5, 5.41) is 6.37. The van der Waals surface area contributed by atoms with E-state index in [0.29, 0.717) is 22.6 Å². The van der Waals surface area contributed by atoms with Crippen LogP contribution in [-0.4, -0.2) is 37.7 Å². The number of methoxy groups -OCH3 is 1. The summed E-state index contributed by atoms with van der Waals surface area (Å²) in [7, 11) is 1.45. The number of para-hydroxylation sites is 1. The predicted octanol–water partition coefficient (Wildman–Crippen LogP) is 3.55. The highest BCUT2D eigenvalue weighted by atomic mass is 79.9. The number of amides is 2. The van der Waals surface area contributed by atoms with Gasteiger partial charge in [0.2, 0.25) is 0 Å². The summed E-state index contributed by atoms with van der Waals surface area (Å²) in [6.45, 7) is -0.299. The van der Waals surface area contributed by atoms with E-state index < -0.39 is 17.8 Å². The third-order valence-corrected chi connectivity index (χ3v) is 4.76. The normalized spacial score (nSPS) is 10.9. The average molecular weight is 526 g/mol. The molecule has 10 heteroatoms. The van der Waals surface area contributed by atoms with Crippen LogP contribution >= 0.6 is 15.9 Å². The van der Waals surface area contributed by atoms with Crippen LogP contribution in [0.4, 0.5) is 0 Å². The second-order valence-electron chi connectivity index (χ2n) is 6.63. The Bertz CT molecular complexity index is 1220. The van der Waals surface area contributed by atoms with Gasteiger partial charge in [0, 0.05) is 16.1 Å². The minimum Gasteiger partial charge on any atom is -0.496 e. The molecule has 3 aromatic rings. The summed E-state index contributed by atoms with van der Waals surface area (Å²) < 4.78 is 16.3. The molecule has 0 fully saturated rings. The lowest BCUT2D eigenvalue weighted by molar-refractivity contribution is -0.129. The molecule has 34 heavy (non-hydrogen) atoms. The molecule has 0 atom stereocenters. The highest BCUT2D eigenvalue weighted by molar-refractivity contribution is 9.10. The second-order valence-corrected chi connectivity index (χ2v) is 7.54. The summed E-state index contributed by atoms with van der Waals surface area (Å²) >= 11 is 3.34. The maximum Gasteiger partial charge on any atom is 0.336 e. The standard InChI is InChI=1S/C24H20BrN3O6/c1-32-21-7-3-2-6-19(21)24(31)26-15-22(29)28-27-14-16-13-17(25)8-10-20(16)34-23(30)11-9-18-5-4-12-33-18/h2-14H,15H2,1H3,(H,26,31)(H,28,29)/b11-9+,27-14+. The largest absolute Gasteiger partial charge is 0.496 e. The zero-order valence-corrected chi connectivity index (χ0v) is 19.6. The molecule has 3 rings (SSSR count). The van der Waals surface area contributed by atoms with Crippen LogP contribution in [0.25, 0.3) is 6.08 Å². The van der Waals surface area contributed by atoms with Gasteiger partial charge in [0.1, 0.15) is 17.3 Å². The number of carbonyl (C=O) groups excluding carboxylic acids is 3. The molecular formula is C24H20BrN3O6. The number of ether oxygens (including phenoxy) is 2. The van der Waals surface area contributed by atoms with Crippen molar-refractivity contribution >= 4 is 46.0 Å². The SMILES string of the molecule is COc1ccccc1C(=O)NCC(=O)N/N=C/c1cc(Br)ccc1OC(=O)/C=C/c1ccco1. The highest BCUT2D eigenvalue weighted by Crippen LogP contribution is 2.22. The van der Waals surface area contributed by atoms with Crippen molar-refractivity contribution in [2.24, 2.45) is 5.10 Å². The molecule has 0 aliphatic carbocycles. The topological polar surface area (TPSA) is 119 Å². The Balaban J connectivity index is 1.56. The number of hydrogen-bond acceptors (Lipinski definition) is 7. The van der Waals surface area contributed by atoms with Crippen LogP contribution in [0, 0.1) is 0 Å². The van der Waals surface area contributed by atoms with Gasteiger partial charge in [-0.1, -0.05) is 28.1 Å². The van der Waals surface area contributed by atoms with E-state index in [1.807, 2.05) is 0 Å². The van der Waals surface area contributed by atoms with Gasteiger partial charge in [-0.2, -0.15) is 5.10 Å². The minimum absolute atomic E-state index is 0.236. The van der Waals surface area contributed by atoms with E-state index in [-0.39, 0.29) is 12.3 Å². The van der Waals surface area contributed by atoms with E-state index in [0.717, 1.165) is 4.47 Å². The lowest BCUT2D eigenvalue weighted by Crippen LogP contribution is -2.35. The van der Waals surface area contributed by atoms with Crippen LogP contribution in [-0.2, 0) is 9.59 Å². The fourth-order valence-corrected chi connectivity index (χ4v) is 3.07. The number of benzene rings is 2. The Morgan fingerprint density at radius 1 is 1.09 bits per heavy atom. The number of rotatable bonds is 9. The lowest BCUT2D eigenvalue weighted by Gasteiger charge is -2.08. The van der Waals surface area contributed by atoms with Crippen LogP contribution in [0.15, 0.2) is 80.9 Å². The van der Waals surface area contributed by atoms with E-state index in [1.165, 1.54) is 31.7 Å². The molecule has 0 unspecified atom stereocenters. The van der Waals surface area contributed by atoms with Gasteiger partial charge in [-0.25, -0.2) is 10.2 Å². The highest BCUT2D eigenvalue weighted by Gasteiger charge is 2.12. The van der Waals surface area contributed by atoms with Crippen LogP contribution in [0.2, 0.25) is 0 Å². The molecule has 0 aliphatic rings. The molecule has 174 valence electrons. The molecule has 1 aromatic heterocycles. The van der Waals surface area contributed by atoms with Gasteiger partial charge < -0.3 is 19.2 Å². The molecule has 0 bridgehead atoms. The fourth-order valence-electron chi connectivity index (χ4n) is 2.69. The Morgan fingerprint density at radius 3 is 2.68 bits per heavy atom. The quantitative estimate of drug-likeness (QED) is 0.145. The molecular weight excluding hydrogens is 506 g/mol. The number of nitrogens with one attached hydrogen (secondary N) is 2. The van der Waals surface area contributed by atoms with Gasteiger partial charge in [-0.05, 0) is 48.5 Å². The van der Waals surface area contributed by atoms with Crippen molar-refractivity contribution < 1.29 is 28.3 Å². The summed E-state index contributed by atoms with van der Waals surface area (Å²) in [5.41, 5.74) is 3.06. The van der Waals surface area contributed by atoms with E-state index >= 15 is 0 Å². The van der Waals surface area contributed by atoms with E-state index in [4.69, 9.17) is 13.9 Å². The first kappa shape index (κ1) is 24.5. The van der Waals surface area contributed by atoms with Crippen molar-refractivity contribution in [2.75, 3.05) is 13.7 Å². The number of furan rings is 1. The molecule has 2 aromatic carbocycles. The Hall–Kier alpha value is -4.18. The lowest BCUT2D eigenvalue weighted by atomic mass is 10.2. The van der Waals surface area contributed by atoms with Crippen molar-refractivity contribution in [1.29, 1.82) is 0 Å². The molecule has 2 amide bonds. The number of nitrogens with zero attached hydrogens (tertiary/aromatic N) is 1. The van der Waals surface area contributed by atoms with Gasteiger partial charge in [-0.15, -0.1) is 0 Å². The van der Waals surface area contributed by atoms with Crippen LogP contribution in [0.3, 0.4) is 0 Å². The molecule has 1 heterocycles. The molecule has 9 nitrogen and oxygen atoms in total.